The van der Waals surface area contributed by atoms with Crippen molar-refractivity contribution >= 4 is 22.8 Å². The second-order valence-electron chi connectivity index (χ2n) is 9.98. The first-order chi connectivity index (χ1) is 16.2. The molecule has 2 amide bonds. The molecule has 2 fully saturated rings. The number of nitrogens with zero attached hydrogens (tertiary/aromatic N) is 3. The summed E-state index contributed by atoms with van der Waals surface area (Å²) in [6, 6.07) is 1.71. The summed E-state index contributed by atoms with van der Waals surface area (Å²) < 4.78 is 1.47. The Kier molecular flexibility index (Phi) is 7.16. The number of amides is 2. The lowest BCUT2D eigenvalue weighted by molar-refractivity contribution is -0.123. The van der Waals surface area contributed by atoms with Gasteiger partial charge in [0.25, 0.3) is 11.5 Å². The van der Waals surface area contributed by atoms with Crippen LogP contribution in [0.1, 0.15) is 67.9 Å². The first-order valence-corrected chi connectivity index (χ1v) is 12.2. The Morgan fingerprint density at radius 3 is 2.71 bits per heavy atom. The van der Waals surface area contributed by atoms with Crippen molar-refractivity contribution < 1.29 is 9.59 Å². The maximum atomic E-state index is 13.2. The maximum absolute atomic E-state index is 13.2. The van der Waals surface area contributed by atoms with Crippen molar-refractivity contribution in [1.82, 2.24) is 24.8 Å². The molecule has 0 aromatic carbocycles. The number of aromatic nitrogens is 3. The maximum Gasteiger partial charge on any atom is 0.330 e. The SMILES string of the molecule is CC(C)Cn1c(=O)[nH]c(=O)c2c(C(=O)NCCCN3CCCC(C(N)=O)C3)cc(C3CC3)nc21. The van der Waals surface area contributed by atoms with Gasteiger partial charge in [0.2, 0.25) is 5.91 Å². The van der Waals surface area contributed by atoms with E-state index < -0.39 is 11.2 Å². The summed E-state index contributed by atoms with van der Waals surface area (Å²) in [6.45, 7) is 7.12. The number of likely N-dealkylation sites (tertiary alicyclic amines) is 1. The molecule has 3 heterocycles. The van der Waals surface area contributed by atoms with E-state index in [4.69, 9.17) is 5.73 Å². The fourth-order valence-electron chi connectivity index (χ4n) is 4.69. The van der Waals surface area contributed by atoms with Gasteiger partial charge in [-0.1, -0.05) is 13.8 Å². The van der Waals surface area contributed by atoms with Gasteiger partial charge in [0.15, 0.2) is 5.65 Å². The molecular formula is C24H34N6O4. The molecule has 1 saturated carbocycles. The van der Waals surface area contributed by atoms with Crippen molar-refractivity contribution in [2.24, 2.45) is 17.6 Å². The van der Waals surface area contributed by atoms with E-state index in [-0.39, 0.29) is 46.2 Å². The molecule has 2 aromatic rings. The Hall–Kier alpha value is -3.01. The van der Waals surface area contributed by atoms with E-state index in [0.29, 0.717) is 26.1 Å². The zero-order valence-corrected chi connectivity index (χ0v) is 19.9. The van der Waals surface area contributed by atoms with Crippen LogP contribution in [0.15, 0.2) is 15.7 Å². The Morgan fingerprint density at radius 2 is 2.03 bits per heavy atom. The molecular weight excluding hydrogens is 436 g/mol. The molecule has 1 aliphatic carbocycles. The molecule has 4 rings (SSSR count). The Morgan fingerprint density at radius 1 is 1.26 bits per heavy atom. The lowest BCUT2D eigenvalue weighted by Gasteiger charge is -2.31. The van der Waals surface area contributed by atoms with Crippen LogP contribution < -0.4 is 22.3 Å². The summed E-state index contributed by atoms with van der Waals surface area (Å²) >= 11 is 0. The summed E-state index contributed by atoms with van der Waals surface area (Å²) in [5.74, 6) is -0.282. The van der Waals surface area contributed by atoms with Gasteiger partial charge in [0.1, 0.15) is 0 Å². The first-order valence-electron chi connectivity index (χ1n) is 12.2. The van der Waals surface area contributed by atoms with Crippen molar-refractivity contribution in [3.05, 3.63) is 38.2 Å². The second kappa shape index (κ2) is 10.1. The average Bonchev–Trinajstić information content (AvgIpc) is 3.64. The minimum absolute atomic E-state index is 0.109. The van der Waals surface area contributed by atoms with E-state index >= 15 is 0 Å². The normalized spacial score (nSPS) is 19.0. The molecule has 1 unspecified atom stereocenters. The fourth-order valence-corrected chi connectivity index (χ4v) is 4.69. The number of carbonyl (C=O) groups is 2. The van der Waals surface area contributed by atoms with Crippen LogP contribution in [0.2, 0.25) is 0 Å². The zero-order chi connectivity index (χ0) is 24.4. The number of rotatable bonds is 9. The number of pyridine rings is 1. The van der Waals surface area contributed by atoms with Crippen molar-refractivity contribution in [2.45, 2.75) is 58.4 Å². The molecule has 0 radical (unpaired) electrons. The first kappa shape index (κ1) is 24.1. The molecule has 10 heteroatoms. The lowest BCUT2D eigenvalue weighted by Crippen LogP contribution is -2.42. The van der Waals surface area contributed by atoms with Crippen molar-refractivity contribution in [1.29, 1.82) is 0 Å². The van der Waals surface area contributed by atoms with Crippen LogP contribution in [0.3, 0.4) is 0 Å². The van der Waals surface area contributed by atoms with Gasteiger partial charge < -0.3 is 16.0 Å². The summed E-state index contributed by atoms with van der Waals surface area (Å²) in [7, 11) is 0. The van der Waals surface area contributed by atoms with E-state index in [1.165, 1.54) is 4.57 Å². The standard InChI is InChI=1S/C24H34N6O4/c1-14(2)12-30-21-19(23(33)28-24(30)34)17(11-18(27-21)15-6-7-15)22(32)26-8-4-10-29-9-3-5-16(13-29)20(25)31/h11,14-16H,3-10,12-13H2,1-2H3,(H2,25,31)(H,26,32)(H,28,33,34). The van der Waals surface area contributed by atoms with Crippen LogP contribution in [0.25, 0.3) is 11.0 Å². The number of nitrogens with two attached hydrogens (primary N) is 1. The fraction of sp³-hybridized carbons (Fsp3) is 0.625. The van der Waals surface area contributed by atoms with Crippen LogP contribution in [-0.4, -0.2) is 57.4 Å². The highest BCUT2D eigenvalue weighted by Gasteiger charge is 2.29. The third-order valence-electron chi connectivity index (χ3n) is 6.60. The number of aromatic amines is 1. The number of nitrogens with one attached hydrogen (secondary N) is 2. The topological polar surface area (TPSA) is 143 Å². The van der Waals surface area contributed by atoms with Crippen LogP contribution >= 0.6 is 0 Å². The number of hydrogen-bond donors (Lipinski definition) is 3. The zero-order valence-electron chi connectivity index (χ0n) is 19.9. The van der Waals surface area contributed by atoms with E-state index in [1.807, 2.05) is 13.8 Å². The van der Waals surface area contributed by atoms with Crippen LogP contribution in [0.5, 0.6) is 0 Å². The van der Waals surface area contributed by atoms with Gasteiger partial charge in [-0.25, -0.2) is 9.78 Å². The molecule has 2 aliphatic rings. The molecule has 0 bridgehead atoms. The third-order valence-corrected chi connectivity index (χ3v) is 6.60. The highest BCUT2D eigenvalue weighted by atomic mass is 16.2. The van der Waals surface area contributed by atoms with E-state index in [2.05, 4.69) is 20.2 Å². The minimum atomic E-state index is -0.592. The van der Waals surface area contributed by atoms with Gasteiger partial charge in [-0.05, 0) is 57.2 Å². The Bertz CT molecular complexity index is 1200. The van der Waals surface area contributed by atoms with Gasteiger partial charge in [0.05, 0.1) is 16.9 Å². The smallest absolute Gasteiger partial charge is 0.330 e. The number of hydrogen-bond acceptors (Lipinski definition) is 6. The highest BCUT2D eigenvalue weighted by Crippen LogP contribution is 2.39. The second-order valence-corrected chi connectivity index (χ2v) is 9.98. The number of piperidine rings is 1. The van der Waals surface area contributed by atoms with Crippen LogP contribution in [0, 0.1) is 11.8 Å². The number of primary amides is 1. The minimum Gasteiger partial charge on any atom is -0.369 e. The van der Waals surface area contributed by atoms with E-state index in [1.54, 1.807) is 6.07 Å². The number of carbonyl (C=O) groups excluding carboxylic acids is 2. The molecule has 2 aromatic heterocycles. The van der Waals surface area contributed by atoms with Crippen LogP contribution in [0.4, 0.5) is 0 Å². The highest BCUT2D eigenvalue weighted by molar-refractivity contribution is 6.05. The molecule has 10 nitrogen and oxygen atoms in total. The van der Waals surface area contributed by atoms with Gasteiger partial charge in [-0.2, -0.15) is 0 Å². The van der Waals surface area contributed by atoms with E-state index in [0.717, 1.165) is 44.5 Å². The molecule has 34 heavy (non-hydrogen) atoms. The molecule has 0 spiro atoms. The van der Waals surface area contributed by atoms with Gasteiger partial charge in [-0.15, -0.1) is 0 Å². The van der Waals surface area contributed by atoms with Crippen molar-refractivity contribution in [3.63, 3.8) is 0 Å². The number of H-pyrrole nitrogens is 1. The van der Waals surface area contributed by atoms with Gasteiger partial charge >= 0.3 is 5.69 Å². The predicted molar refractivity (Wildman–Crippen MR) is 129 cm³/mol. The summed E-state index contributed by atoms with van der Waals surface area (Å²) in [5.41, 5.74) is 5.65. The predicted octanol–water partition coefficient (Wildman–Crippen LogP) is 0.935. The monoisotopic (exact) mass is 470 g/mol. The Labute approximate surface area is 197 Å². The molecule has 1 aliphatic heterocycles. The third kappa shape index (κ3) is 5.38. The van der Waals surface area contributed by atoms with E-state index in [9.17, 15) is 19.2 Å². The number of fused-ring (bicyclic) bond motifs is 1. The molecule has 1 saturated heterocycles. The lowest BCUT2D eigenvalue weighted by atomic mass is 9.97. The largest absolute Gasteiger partial charge is 0.369 e. The molecule has 184 valence electrons. The Balaban J connectivity index is 1.52. The summed E-state index contributed by atoms with van der Waals surface area (Å²) in [5, 5.41) is 3.08. The average molecular weight is 471 g/mol. The van der Waals surface area contributed by atoms with Gasteiger partial charge in [0, 0.05) is 31.2 Å². The van der Waals surface area contributed by atoms with Crippen molar-refractivity contribution in [2.75, 3.05) is 26.2 Å². The molecule has 4 N–H and O–H groups in total. The molecule has 1 atom stereocenters. The summed E-state index contributed by atoms with van der Waals surface area (Å²) in [4.78, 5) is 59.1. The van der Waals surface area contributed by atoms with Crippen LogP contribution in [-0.2, 0) is 11.3 Å². The quantitative estimate of drug-likeness (QED) is 0.465. The van der Waals surface area contributed by atoms with Gasteiger partial charge in [-0.3, -0.25) is 23.9 Å². The summed E-state index contributed by atoms with van der Waals surface area (Å²) in [6.07, 6.45) is 4.45. The van der Waals surface area contributed by atoms with Crippen molar-refractivity contribution in [3.8, 4) is 0 Å².